The van der Waals surface area contributed by atoms with E-state index in [2.05, 4.69) is 15.5 Å². The number of aromatic nitrogens is 2. The molecule has 1 aliphatic rings. The normalized spacial score (nSPS) is 15.6. The van der Waals surface area contributed by atoms with Crippen LogP contribution >= 0.6 is 0 Å². The third kappa shape index (κ3) is 2.96. The van der Waals surface area contributed by atoms with Gasteiger partial charge in [-0.3, -0.25) is 4.79 Å². The van der Waals surface area contributed by atoms with Gasteiger partial charge in [0.2, 0.25) is 0 Å². The van der Waals surface area contributed by atoms with E-state index in [9.17, 15) is 4.79 Å². The van der Waals surface area contributed by atoms with Crippen molar-refractivity contribution in [3.05, 3.63) is 52.3 Å². The maximum Gasteiger partial charge on any atom is 0.268 e. The molecule has 4 nitrogen and oxygen atoms in total. The summed E-state index contributed by atoms with van der Waals surface area (Å²) < 4.78 is 0. The van der Waals surface area contributed by atoms with Gasteiger partial charge >= 0.3 is 0 Å². The van der Waals surface area contributed by atoms with Gasteiger partial charge in [0, 0.05) is 23.7 Å². The maximum atomic E-state index is 11.8. The lowest BCUT2D eigenvalue weighted by molar-refractivity contribution is 0.522. The molecule has 1 aliphatic carbocycles. The minimum Gasteiger partial charge on any atom is -0.310 e. The van der Waals surface area contributed by atoms with Crippen LogP contribution in [-0.2, 0) is 6.54 Å². The zero-order chi connectivity index (χ0) is 13.8. The quantitative estimate of drug-likeness (QED) is 0.896. The van der Waals surface area contributed by atoms with Crippen molar-refractivity contribution < 1.29 is 0 Å². The summed E-state index contributed by atoms with van der Waals surface area (Å²) in [6.45, 7) is 0.613. The molecule has 1 heterocycles. The summed E-state index contributed by atoms with van der Waals surface area (Å²) in [6, 6.07) is 12.3. The first kappa shape index (κ1) is 13.1. The summed E-state index contributed by atoms with van der Waals surface area (Å²) in [4.78, 5) is 11.8. The number of aromatic amines is 1. The lowest BCUT2D eigenvalue weighted by Crippen LogP contribution is -2.29. The summed E-state index contributed by atoms with van der Waals surface area (Å²) in [5.41, 5.74) is 2.49. The van der Waals surface area contributed by atoms with Crippen molar-refractivity contribution in [1.82, 2.24) is 15.5 Å². The minimum absolute atomic E-state index is 0.102. The summed E-state index contributed by atoms with van der Waals surface area (Å²) in [7, 11) is 0. The molecule has 0 saturated heterocycles. The molecule has 0 bridgehead atoms. The Morgan fingerprint density at radius 3 is 2.70 bits per heavy atom. The van der Waals surface area contributed by atoms with Crippen LogP contribution in [0, 0.1) is 0 Å². The number of rotatable bonds is 4. The van der Waals surface area contributed by atoms with E-state index >= 15 is 0 Å². The molecule has 1 aromatic carbocycles. The Kier molecular flexibility index (Phi) is 3.92. The number of benzene rings is 1. The Balaban J connectivity index is 1.78. The molecule has 3 rings (SSSR count). The highest BCUT2D eigenvalue weighted by Gasteiger charge is 2.14. The molecule has 20 heavy (non-hydrogen) atoms. The molecule has 0 unspecified atom stereocenters. The van der Waals surface area contributed by atoms with Gasteiger partial charge in [0.15, 0.2) is 0 Å². The lowest BCUT2D eigenvalue weighted by atomic mass is 10.1. The zero-order valence-corrected chi connectivity index (χ0v) is 11.4. The number of nitrogens with zero attached hydrogens (tertiary/aromatic N) is 1. The molecule has 1 aromatic heterocycles. The Bertz CT molecular complexity index is 615. The zero-order valence-electron chi connectivity index (χ0n) is 11.4. The van der Waals surface area contributed by atoms with E-state index in [0.717, 1.165) is 16.8 Å². The van der Waals surface area contributed by atoms with Crippen molar-refractivity contribution in [3.8, 4) is 11.3 Å². The number of H-pyrrole nitrogens is 1. The van der Waals surface area contributed by atoms with Crippen molar-refractivity contribution in [2.75, 3.05) is 0 Å². The molecule has 0 aliphatic heterocycles. The van der Waals surface area contributed by atoms with Crippen LogP contribution in [0.15, 0.2) is 41.2 Å². The van der Waals surface area contributed by atoms with Gasteiger partial charge in [-0.15, -0.1) is 0 Å². The van der Waals surface area contributed by atoms with Gasteiger partial charge in [-0.25, -0.2) is 5.10 Å². The Morgan fingerprint density at radius 2 is 1.95 bits per heavy atom. The third-order valence-electron chi connectivity index (χ3n) is 3.89. The predicted molar refractivity (Wildman–Crippen MR) is 79.4 cm³/mol. The number of hydrogen-bond donors (Lipinski definition) is 2. The highest BCUT2D eigenvalue weighted by atomic mass is 16.1. The molecule has 0 amide bonds. The first-order chi connectivity index (χ1) is 9.83. The number of hydrogen-bond acceptors (Lipinski definition) is 3. The van der Waals surface area contributed by atoms with Crippen LogP contribution in [-0.4, -0.2) is 16.2 Å². The topological polar surface area (TPSA) is 57.8 Å². The minimum atomic E-state index is -0.102. The fourth-order valence-corrected chi connectivity index (χ4v) is 2.72. The first-order valence-electron chi connectivity index (χ1n) is 7.20. The molecule has 2 aromatic rings. The smallest absolute Gasteiger partial charge is 0.268 e. The molecular weight excluding hydrogens is 250 g/mol. The van der Waals surface area contributed by atoms with Gasteiger partial charge in [0.1, 0.15) is 0 Å². The fourth-order valence-electron chi connectivity index (χ4n) is 2.72. The third-order valence-corrected chi connectivity index (χ3v) is 3.89. The van der Waals surface area contributed by atoms with E-state index in [1.54, 1.807) is 0 Å². The van der Waals surface area contributed by atoms with Gasteiger partial charge in [-0.2, -0.15) is 5.10 Å². The van der Waals surface area contributed by atoms with Gasteiger partial charge < -0.3 is 5.32 Å². The highest BCUT2D eigenvalue weighted by molar-refractivity contribution is 5.58. The summed E-state index contributed by atoms with van der Waals surface area (Å²) in [6.07, 6.45) is 5.02. The molecule has 1 fully saturated rings. The Morgan fingerprint density at radius 1 is 1.20 bits per heavy atom. The molecule has 104 valence electrons. The van der Waals surface area contributed by atoms with E-state index in [-0.39, 0.29) is 5.56 Å². The van der Waals surface area contributed by atoms with Crippen molar-refractivity contribution in [2.45, 2.75) is 38.3 Å². The average Bonchev–Trinajstić information content (AvgIpc) is 3.01. The summed E-state index contributed by atoms with van der Waals surface area (Å²) >= 11 is 0. The number of nitrogens with one attached hydrogen (secondary N) is 2. The van der Waals surface area contributed by atoms with Gasteiger partial charge in [-0.05, 0) is 18.9 Å². The average molecular weight is 269 g/mol. The van der Waals surface area contributed by atoms with E-state index in [1.165, 1.54) is 25.7 Å². The molecule has 2 N–H and O–H groups in total. The molecular formula is C16H19N3O. The second kappa shape index (κ2) is 6.01. The summed E-state index contributed by atoms with van der Waals surface area (Å²) in [5, 5.41) is 10.2. The Labute approximate surface area is 118 Å². The largest absolute Gasteiger partial charge is 0.310 e. The van der Waals surface area contributed by atoms with Crippen molar-refractivity contribution in [3.63, 3.8) is 0 Å². The van der Waals surface area contributed by atoms with E-state index in [1.807, 2.05) is 36.4 Å². The predicted octanol–water partition coefficient (Wildman–Crippen LogP) is 2.47. The highest BCUT2D eigenvalue weighted by Crippen LogP contribution is 2.18. The second-order valence-electron chi connectivity index (χ2n) is 5.34. The van der Waals surface area contributed by atoms with E-state index in [4.69, 9.17) is 0 Å². The molecule has 0 spiro atoms. The molecule has 0 atom stereocenters. The van der Waals surface area contributed by atoms with Crippen LogP contribution in [0.3, 0.4) is 0 Å². The van der Waals surface area contributed by atoms with Gasteiger partial charge in [0.05, 0.1) is 5.69 Å². The fraction of sp³-hybridized carbons (Fsp3) is 0.375. The van der Waals surface area contributed by atoms with Crippen LogP contribution in [0.2, 0.25) is 0 Å². The van der Waals surface area contributed by atoms with Crippen LogP contribution < -0.4 is 10.9 Å². The lowest BCUT2D eigenvalue weighted by Gasteiger charge is -2.11. The van der Waals surface area contributed by atoms with Crippen LogP contribution in [0.4, 0.5) is 0 Å². The maximum absolute atomic E-state index is 11.8. The Hall–Kier alpha value is -1.94. The van der Waals surface area contributed by atoms with Crippen molar-refractivity contribution in [2.24, 2.45) is 0 Å². The van der Waals surface area contributed by atoms with Crippen LogP contribution in [0.5, 0.6) is 0 Å². The van der Waals surface area contributed by atoms with Crippen LogP contribution in [0.1, 0.15) is 31.2 Å². The van der Waals surface area contributed by atoms with Crippen molar-refractivity contribution in [1.29, 1.82) is 0 Å². The first-order valence-corrected chi connectivity index (χ1v) is 7.20. The summed E-state index contributed by atoms with van der Waals surface area (Å²) in [5.74, 6) is 0. The standard InChI is InChI=1S/C16H19N3O/c20-16-13(11-17-14-8-4-5-9-14)10-15(18-19-16)12-6-2-1-3-7-12/h1-3,6-7,10,14,17H,4-5,8-9,11H2,(H,19,20). The monoisotopic (exact) mass is 269 g/mol. The SMILES string of the molecule is O=c1[nH]nc(-c2ccccc2)cc1CNC1CCCC1. The second-order valence-corrected chi connectivity index (χ2v) is 5.34. The molecule has 0 radical (unpaired) electrons. The van der Waals surface area contributed by atoms with Crippen LogP contribution in [0.25, 0.3) is 11.3 Å². The molecule has 4 heteroatoms. The van der Waals surface area contributed by atoms with E-state index < -0.39 is 0 Å². The molecule has 1 saturated carbocycles. The van der Waals surface area contributed by atoms with E-state index in [0.29, 0.717) is 12.6 Å². The van der Waals surface area contributed by atoms with Crippen molar-refractivity contribution >= 4 is 0 Å². The van der Waals surface area contributed by atoms with Gasteiger partial charge in [0.25, 0.3) is 5.56 Å². The van der Waals surface area contributed by atoms with Gasteiger partial charge in [-0.1, -0.05) is 43.2 Å².